The fourth-order valence-electron chi connectivity index (χ4n) is 1.89. The Hall–Kier alpha value is -1.45. The standard InChI is InChI=1S/C13H15N3O3S3/c1-3-15(4-2)12-14-8(7-21-12)5-9-11(19)16(6-10(17)18)13(20)22-9/h5,7H,3-4,6H2,1-2H3,(H,17,18)/b9-5-. The van der Waals surface area contributed by atoms with Crippen molar-refractivity contribution in [2.45, 2.75) is 13.8 Å². The monoisotopic (exact) mass is 357 g/mol. The summed E-state index contributed by atoms with van der Waals surface area (Å²) in [5.41, 5.74) is 0.683. The number of carboxylic acids is 1. The number of carbonyl (C=O) groups excluding carboxylic acids is 1. The van der Waals surface area contributed by atoms with Crippen LogP contribution in [-0.2, 0) is 9.59 Å². The van der Waals surface area contributed by atoms with Gasteiger partial charge in [0.05, 0.1) is 10.6 Å². The molecular formula is C13H15N3O3S3. The van der Waals surface area contributed by atoms with Gasteiger partial charge in [-0.1, -0.05) is 24.0 Å². The van der Waals surface area contributed by atoms with Crippen LogP contribution in [0, 0.1) is 0 Å². The minimum atomic E-state index is -1.09. The quantitative estimate of drug-likeness (QED) is 0.618. The molecule has 1 aromatic rings. The molecule has 0 aliphatic carbocycles. The molecule has 1 fully saturated rings. The Morgan fingerprint density at radius 1 is 1.50 bits per heavy atom. The van der Waals surface area contributed by atoms with E-state index in [0.717, 1.165) is 34.9 Å². The maximum absolute atomic E-state index is 12.2. The van der Waals surface area contributed by atoms with Crippen LogP contribution in [0.5, 0.6) is 0 Å². The molecule has 118 valence electrons. The van der Waals surface area contributed by atoms with Crippen LogP contribution in [0.25, 0.3) is 6.08 Å². The van der Waals surface area contributed by atoms with Crippen molar-refractivity contribution in [1.29, 1.82) is 0 Å². The summed E-state index contributed by atoms with van der Waals surface area (Å²) in [6.45, 7) is 5.43. The van der Waals surface area contributed by atoms with Gasteiger partial charge >= 0.3 is 5.97 Å². The number of carboxylic acid groups (broad SMARTS) is 1. The van der Waals surface area contributed by atoms with Crippen molar-refractivity contribution in [2.75, 3.05) is 24.5 Å². The van der Waals surface area contributed by atoms with Crippen LogP contribution in [0.2, 0.25) is 0 Å². The van der Waals surface area contributed by atoms with Gasteiger partial charge in [0, 0.05) is 18.5 Å². The number of aliphatic carboxylic acids is 1. The van der Waals surface area contributed by atoms with Crippen molar-refractivity contribution < 1.29 is 14.7 Å². The molecule has 1 N–H and O–H groups in total. The molecule has 6 nitrogen and oxygen atoms in total. The Bertz CT molecular complexity index is 637. The van der Waals surface area contributed by atoms with E-state index in [4.69, 9.17) is 17.3 Å². The summed E-state index contributed by atoms with van der Waals surface area (Å²) in [6.07, 6.45) is 1.66. The highest BCUT2D eigenvalue weighted by molar-refractivity contribution is 8.26. The zero-order valence-electron chi connectivity index (χ0n) is 12.1. The van der Waals surface area contributed by atoms with E-state index >= 15 is 0 Å². The van der Waals surface area contributed by atoms with Crippen molar-refractivity contribution >= 4 is 62.7 Å². The first-order chi connectivity index (χ1) is 10.5. The molecular weight excluding hydrogens is 342 g/mol. The predicted octanol–water partition coefficient (Wildman–Crippen LogP) is 2.28. The van der Waals surface area contributed by atoms with Gasteiger partial charge in [-0.15, -0.1) is 11.3 Å². The second-order valence-electron chi connectivity index (χ2n) is 4.39. The van der Waals surface area contributed by atoms with Crippen molar-refractivity contribution in [3.8, 4) is 0 Å². The molecule has 0 aromatic carbocycles. The summed E-state index contributed by atoms with van der Waals surface area (Å²) in [7, 11) is 0. The average molecular weight is 357 g/mol. The van der Waals surface area contributed by atoms with Gasteiger partial charge in [-0.2, -0.15) is 0 Å². The molecule has 1 aromatic heterocycles. The molecule has 0 saturated carbocycles. The normalized spacial score (nSPS) is 16.6. The zero-order valence-corrected chi connectivity index (χ0v) is 14.6. The van der Waals surface area contributed by atoms with Gasteiger partial charge in [0.25, 0.3) is 5.91 Å². The Morgan fingerprint density at radius 2 is 2.18 bits per heavy atom. The third-order valence-corrected chi connectivity index (χ3v) is 5.29. The van der Waals surface area contributed by atoms with Crippen molar-refractivity contribution in [3.05, 3.63) is 16.0 Å². The highest BCUT2D eigenvalue weighted by Gasteiger charge is 2.33. The number of anilines is 1. The molecule has 0 unspecified atom stereocenters. The zero-order chi connectivity index (χ0) is 16.3. The number of rotatable bonds is 6. The van der Waals surface area contributed by atoms with E-state index in [2.05, 4.69) is 23.7 Å². The number of aromatic nitrogens is 1. The minimum absolute atomic E-state index is 0.262. The molecule has 1 aliphatic heterocycles. The highest BCUT2D eigenvalue weighted by atomic mass is 32.2. The van der Waals surface area contributed by atoms with E-state index in [0.29, 0.717) is 10.6 Å². The van der Waals surface area contributed by atoms with E-state index in [-0.39, 0.29) is 10.2 Å². The van der Waals surface area contributed by atoms with Gasteiger partial charge in [-0.3, -0.25) is 14.5 Å². The van der Waals surface area contributed by atoms with Crippen LogP contribution in [0.3, 0.4) is 0 Å². The van der Waals surface area contributed by atoms with E-state index in [1.165, 1.54) is 11.3 Å². The summed E-state index contributed by atoms with van der Waals surface area (Å²) in [4.78, 5) is 31.0. The lowest BCUT2D eigenvalue weighted by Gasteiger charge is -2.16. The number of thiocarbonyl (C=S) groups is 1. The Morgan fingerprint density at radius 3 is 2.77 bits per heavy atom. The fraction of sp³-hybridized carbons (Fsp3) is 0.385. The Kier molecular flexibility index (Phi) is 5.54. The molecule has 22 heavy (non-hydrogen) atoms. The lowest BCUT2D eigenvalue weighted by atomic mass is 10.3. The summed E-state index contributed by atoms with van der Waals surface area (Å²) in [6, 6.07) is 0. The van der Waals surface area contributed by atoms with Crippen molar-refractivity contribution in [1.82, 2.24) is 9.88 Å². The number of thiazole rings is 1. The van der Waals surface area contributed by atoms with Crippen molar-refractivity contribution in [2.24, 2.45) is 0 Å². The summed E-state index contributed by atoms with van der Waals surface area (Å²) >= 11 is 7.67. The molecule has 1 aliphatic rings. The molecule has 1 amide bonds. The van der Waals surface area contributed by atoms with Crippen LogP contribution in [0.4, 0.5) is 5.13 Å². The molecule has 1 saturated heterocycles. The van der Waals surface area contributed by atoms with Gasteiger partial charge in [-0.05, 0) is 19.9 Å². The number of hydrogen-bond acceptors (Lipinski definition) is 7. The third kappa shape index (κ3) is 3.65. The topological polar surface area (TPSA) is 73.7 Å². The SMILES string of the molecule is CCN(CC)c1nc(/C=C2\SC(=S)N(CC(=O)O)C2=O)cs1. The summed E-state index contributed by atoms with van der Waals surface area (Å²) < 4.78 is 0.262. The molecule has 0 atom stereocenters. The van der Waals surface area contributed by atoms with E-state index in [1.54, 1.807) is 6.08 Å². The van der Waals surface area contributed by atoms with Gasteiger partial charge in [0.15, 0.2) is 5.13 Å². The van der Waals surface area contributed by atoms with Gasteiger partial charge in [0.2, 0.25) is 0 Å². The van der Waals surface area contributed by atoms with E-state index < -0.39 is 12.5 Å². The first kappa shape index (κ1) is 16.9. The molecule has 0 spiro atoms. The maximum atomic E-state index is 12.2. The second-order valence-corrected chi connectivity index (χ2v) is 6.90. The Labute approximate surface area is 141 Å². The first-order valence-corrected chi connectivity index (χ1v) is 8.74. The third-order valence-electron chi connectivity index (χ3n) is 2.99. The fourth-order valence-corrected chi connectivity index (χ4v) is 4.04. The average Bonchev–Trinajstić information content (AvgIpc) is 3.01. The number of amides is 1. The first-order valence-electron chi connectivity index (χ1n) is 6.63. The summed E-state index contributed by atoms with van der Waals surface area (Å²) in [5, 5.41) is 11.6. The van der Waals surface area contributed by atoms with E-state index in [1.807, 2.05) is 5.38 Å². The van der Waals surface area contributed by atoms with Crippen LogP contribution >= 0.6 is 35.3 Å². The van der Waals surface area contributed by atoms with Gasteiger partial charge in [-0.25, -0.2) is 4.98 Å². The lowest BCUT2D eigenvalue weighted by molar-refractivity contribution is -0.140. The van der Waals surface area contributed by atoms with Crippen LogP contribution in [0.15, 0.2) is 10.3 Å². The van der Waals surface area contributed by atoms with Crippen LogP contribution < -0.4 is 4.90 Å². The number of nitrogens with zero attached hydrogens (tertiary/aromatic N) is 3. The smallest absolute Gasteiger partial charge is 0.323 e. The lowest BCUT2D eigenvalue weighted by Crippen LogP contribution is -2.33. The van der Waals surface area contributed by atoms with Crippen LogP contribution in [0.1, 0.15) is 19.5 Å². The van der Waals surface area contributed by atoms with Gasteiger partial charge in [0.1, 0.15) is 10.9 Å². The highest BCUT2D eigenvalue weighted by Crippen LogP contribution is 2.33. The largest absolute Gasteiger partial charge is 0.480 e. The molecule has 2 heterocycles. The number of thioether (sulfide) groups is 1. The predicted molar refractivity (Wildman–Crippen MR) is 93.2 cm³/mol. The van der Waals surface area contributed by atoms with Gasteiger partial charge < -0.3 is 10.0 Å². The Balaban J connectivity index is 2.18. The molecule has 0 bridgehead atoms. The second kappa shape index (κ2) is 7.21. The molecule has 0 radical (unpaired) electrons. The van der Waals surface area contributed by atoms with Crippen molar-refractivity contribution in [3.63, 3.8) is 0 Å². The maximum Gasteiger partial charge on any atom is 0.323 e. The van der Waals surface area contributed by atoms with E-state index in [9.17, 15) is 9.59 Å². The molecule has 9 heteroatoms. The molecule has 2 rings (SSSR count). The number of hydrogen-bond donors (Lipinski definition) is 1. The van der Waals surface area contributed by atoms with Crippen LogP contribution in [-0.4, -0.2) is 50.8 Å². The summed E-state index contributed by atoms with van der Waals surface area (Å²) in [5.74, 6) is -1.47. The minimum Gasteiger partial charge on any atom is -0.480 e. The number of carbonyl (C=O) groups is 2.